The summed E-state index contributed by atoms with van der Waals surface area (Å²) in [6.45, 7) is 8.32. The fourth-order valence-electron chi connectivity index (χ4n) is 4.40. The topological polar surface area (TPSA) is 37.3 Å². The second kappa shape index (κ2) is 6.33. The first-order valence-electron chi connectivity index (χ1n) is 9.10. The Labute approximate surface area is 145 Å². The second-order valence-corrected chi connectivity index (χ2v) is 7.65. The van der Waals surface area contributed by atoms with Crippen molar-refractivity contribution in [3.8, 4) is 0 Å². The molecule has 0 spiro atoms. The molecule has 1 saturated carbocycles. The van der Waals surface area contributed by atoms with Crippen LogP contribution in [0.25, 0.3) is 6.08 Å². The monoisotopic (exact) mass is 324 g/mol. The zero-order chi connectivity index (χ0) is 17.5. The van der Waals surface area contributed by atoms with Crippen molar-refractivity contribution in [1.29, 1.82) is 0 Å². The number of allylic oxidation sites excluding steroid dienone is 2. The van der Waals surface area contributed by atoms with Gasteiger partial charge in [0.1, 0.15) is 0 Å². The highest BCUT2D eigenvalue weighted by atomic mass is 16.3. The minimum atomic E-state index is -0.351. The Morgan fingerprint density at radius 2 is 2.08 bits per heavy atom. The molecule has 0 aliphatic heterocycles. The van der Waals surface area contributed by atoms with E-state index >= 15 is 0 Å². The number of ketones is 1. The molecule has 1 fully saturated rings. The van der Waals surface area contributed by atoms with E-state index in [1.807, 2.05) is 13.0 Å². The lowest BCUT2D eigenvalue weighted by atomic mass is 9.61. The van der Waals surface area contributed by atoms with E-state index in [9.17, 15) is 9.90 Å². The number of aliphatic hydroxyl groups excluding tert-OH is 1. The number of carbonyl (C=O) groups is 1. The van der Waals surface area contributed by atoms with E-state index in [0.29, 0.717) is 6.42 Å². The molecule has 24 heavy (non-hydrogen) atoms. The van der Waals surface area contributed by atoms with Gasteiger partial charge < -0.3 is 5.11 Å². The highest BCUT2D eigenvalue weighted by Gasteiger charge is 2.45. The molecule has 0 radical (unpaired) electrons. The van der Waals surface area contributed by atoms with Crippen molar-refractivity contribution in [2.75, 3.05) is 0 Å². The lowest BCUT2D eigenvalue weighted by molar-refractivity contribution is -0.113. The summed E-state index contributed by atoms with van der Waals surface area (Å²) in [6.07, 6.45) is 6.12. The summed E-state index contributed by atoms with van der Waals surface area (Å²) < 4.78 is 0. The fraction of sp³-hybridized carbons (Fsp3) is 0.500. The number of rotatable bonds is 2. The van der Waals surface area contributed by atoms with Gasteiger partial charge in [-0.3, -0.25) is 4.79 Å². The van der Waals surface area contributed by atoms with Crippen molar-refractivity contribution in [1.82, 2.24) is 0 Å². The van der Waals surface area contributed by atoms with Crippen molar-refractivity contribution in [3.05, 3.63) is 51.6 Å². The summed E-state index contributed by atoms with van der Waals surface area (Å²) >= 11 is 0. The van der Waals surface area contributed by atoms with Gasteiger partial charge in [0.2, 0.25) is 0 Å². The summed E-state index contributed by atoms with van der Waals surface area (Å²) in [5.41, 5.74) is 6.24. The van der Waals surface area contributed by atoms with E-state index in [-0.39, 0.29) is 17.3 Å². The molecule has 0 bridgehead atoms. The van der Waals surface area contributed by atoms with Crippen LogP contribution in [0.15, 0.2) is 34.9 Å². The van der Waals surface area contributed by atoms with Crippen LogP contribution in [0.2, 0.25) is 0 Å². The largest absolute Gasteiger partial charge is 0.392 e. The highest BCUT2D eigenvalue weighted by Crippen LogP contribution is 2.50. The molecule has 2 atom stereocenters. The molecule has 2 nitrogen and oxygen atoms in total. The Hall–Kier alpha value is -1.67. The Balaban J connectivity index is 2.04. The number of hydrogen-bond donors (Lipinski definition) is 1. The Morgan fingerprint density at radius 3 is 2.75 bits per heavy atom. The van der Waals surface area contributed by atoms with Crippen LogP contribution in [0, 0.1) is 12.3 Å². The van der Waals surface area contributed by atoms with Crippen LogP contribution in [0.3, 0.4) is 0 Å². The molecule has 1 aromatic rings. The third kappa shape index (κ3) is 2.77. The number of fused-ring (bicyclic) bond motifs is 1. The molecule has 3 rings (SSSR count). The van der Waals surface area contributed by atoms with Crippen LogP contribution in [0.4, 0.5) is 0 Å². The van der Waals surface area contributed by atoms with E-state index in [2.05, 4.69) is 39.0 Å². The normalized spacial score (nSPS) is 29.1. The third-order valence-corrected chi connectivity index (χ3v) is 6.04. The van der Waals surface area contributed by atoms with E-state index in [1.54, 1.807) is 0 Å². The van der Waals surface area contributed by atoms with E-state index in [1.165, 1.54) is 16.7 Å². The molecule has 0 heterocycles. The van der Waals surface area contributed by atoms with Crippen molar-refractivity contribution < 1.29 is 9.90 Å². The molecule has 128 valence electrons. The van der Waals surface area contributed by atoms with Gasteiger partial charge in [0.15, 0.2) is 5.78 Å². The molecule has 0 aromatic heterocycles. The Bertz CT molecular complexity index is 738. The molecule has 2 heteroatoms. The number of aliphatic hydroxyl groups is 1. The molecular weight excluding hydrogens is 296 g/mol. The maximum absolute atomic E-state index is 12.9. The summed E-state index contributed by atoms with van der Waals surface area (Å²) in [5, 5.41) is 10.6. The van der Waals surface area contributed by atoms with Crippen LogP contribution < -0.4 is 0 Å². The standard InChI is InChI=1S/C22H28O2/c1-5-16-9-10-17(14(2)11-16)12-18-13-22(4)19(15(3)21(18)24)7-6-8-20(22)23/h9-12,20,23H,5-8,13H2,1-4H3/t20-,22-/m0/s1. The first kappa shape index (κ1) is 17.2. The van der Waals surface area contributed by atoms with Crippen molar-refractivity contribution in [2.24, 2.45) is 5.41 Å². The van der Waals surface area contributed by atoms with Crippen LogP contribution >= 0.6 is 0 Å². The molecule has 0 amide bonds. The zero-order valence-electron chi connectivity index (χ0n) is 15.3. The fourth-order valence-corrected chi connectivity index (χ4v) is 4.40. The Morgan fingerprint density at radius 1 is 1.33 bits per heavy atom. The molecule has 2 aliphatic rings. The summed E-state index contributed by atoms with van der Waals surface area (Å²) in [4.78, 5) is 12.9. The van der Waals surface area contributed by atoms with Gasteiger partial charge in [0.05, 0.1) is 6.10 Å². The van der Waals surface area contributed by atoms with E-state index in [0.717, 1.165) is 42.4 Å². The van der Waals surface area contributed by atoms with E-state index in [4.69, 9.17) is 0 Å². The van der Waals surface area contributed by atoms with Crippen LogP contribution in [0.1, 0.15) is 63.1 Å². The van der Waals surface area contributed by atoms with Gasteiger partial charge in [-0.25, -0.2) is 0 Å². The minimum absolute atomic E-state index is 0.163. The average molecular weight is 324 g/mol. The SMILES string of the molecule is CCc1ccc(C=C2C[C@@]3(C)C(=C(C)C2=O)CCC[C@@H]3O)c(C)c1. The lowest BCUT2D eigenvalue weighted by Gasteiger charge is -2.45. The molecule has 2 aliphatic carbocycles. The molecule has 0 saturated heterocycles. The summed E-state index contributed by atoms with van der Waals surface area (Å²) in [7, 11) is 0. The maximum atomic E-state index is 12.9. The number of carbonyl (C=O) groups excluding carboxylic acids is 1. The van der Waals surface area contributed by atoms with Crippen molar-refractivity contribution in [2.45, 2.75) is 65.9 Å². The number of aryl methyl sites for hydroxylation is 2. The van der Waals surface area contributed by atoms with Gasteiger partial charge in [-0.2, -0.15) is 0 Å². The lowest BCUT2D eigenvalue weighted by Crippen LogP contribution is -2.42. The highest BCUT2D eigenvalue weighted by molar-refractivity contribution is 6.12. The van der Waals surface area contributed by atoms with Gasteiger partial charge in [-0.05, 0) is 74.3 Å². The average Bonchev–Trinajstić information content (AvgIpc) is 2.56. The Kier molecular flexibility index (Phi) is 4.52. The first-order valence-corrected chi connectivity index (χ1v) is 9.10. The zero-order valence-corrected chi connectivity index (χ0v) is 15.3. The number of hydrogen-bond acceptors (Lipinski definition) is 2. The van der Waals surface area contributed by atoms with Gasteiger partial charge in [0, 0.05) is 11.0 Å². The van der Waals surface area contributed by atoms with E-state index < -0.39 is 0 Å². The summed E-state index contributed by atoms with van der Waals surface area (Å²) in [5.74, 6) is 0.163. The molecular formula is C22H28O2. The maximum Gasteiger partial charge on any atom is 0.184 e. The van der Waals surface area contributed by atoms with Gasteiger partial charge in [-0.15, -0.1) is 0 Å². The van der Waals surface area contributed by atoms with Gasteiger partial charge in [0.25, 0.3) is 0 Å². The van der Waals surface area contributed by atoms with Crippen LogP contribution in [0.5, 0.6) is 0 Å². The number of benzene rings is 1. The van der Waals surface area contributed by atoms with Gasteiger partial charge in [-0.1, -0.05) is 37.6 Å². The molecule has 1 N–H and O–H groups in total. The predicted molar refractivity (Wildman–Crippen MR) is 98.8 cm³/mol. The first-order chi connectivity index (χ1) is 11.4. The van der Waals surface area contributed by atoms with Crippen molar-refractivity contribution >= 4 is 11.9 Å². The van der Waals surface area contributed by atoms with Crippen molar-refractivity contribution in [3.63, 3.8) is 0 Å². The minimum Gasteiger partial charge on any atom is -0.392 e. The quantitative estimate of drug-likeness (QED) is 0.795. The van der Waals surface area contributed by atoms with Crippen LogP contribution in [-0.4, -0.2) is 17.0 Å². The predicted octanol–water partition coefficient (Wildman–Crippen LogP) is 4.78. The second-order valence-electron chi connectivity index (χ2n) is 7.65. The summed E-state index contributed by atoms with van der Waals surface area (Å²) in [6, 6.07) is 6.45. The number of Topliss-reactive ketones (excluding diaryl/α,β-unsaturated/α-hetero) is 1. The van der Waals surface area contributed by atoms with Gasteiger partial charge >= 0.3 is 0 Å². The molecule has 1 aromatic carbocycles. The smallest absolute Gasteiger partial charge is 0.184 e. The third-order valence-electron chi connectivity index (χ3n) is 6.04. The molecule has 0 unspecified atom stereocenters. The van der Waals surface area contributed by atoms with Crippen LogP contribution in [-0.2, 0) is 11.2 Å².